The lowest BCUT2D eigenvalue weighted by atomic mass is 10.1. The molecule has 1 N–H and O–H groups in total. The summed E-state index contributed by atoms with van der Waals surface area (Å²) < 4.78 is 1.68. The molecule has 4 rings (SSSR count). The van der Waals surface area contributed by atoms with Crippen LogP contribution >= 0.6 is 11.8 Å². The summed E-state index contributed by atoms with van der Waals surface area (Å²) in [4.78, 5) is 41.3. The SMILES string of the molecule is CC(C)Cn1c(SCc2ccc([N+](=O)[O-])cc2)nc2cc(C(=O)NC3CCCC3)ccc2c1=O. The van der Waals surface area contributed by atoms with E-state index in [4.69, 9.17) is 4.98 Å². The van der Waals surface area contributed by atoms with Crippen molar-refractivity contribution >= 4 is 34.3 Å². The summed E-state index contributed by atoms with van der Waals surface area (Å²) in [5, 5.41) is 15.0. The quantitative estimate of drug-likeness (QED) is 0.212. The van der Waals surface area contributed by atoms with Crippen molar-refractivity contribution in [3.05, 3.63) is 74.1 Å². The Balaban J connectivity index is 1.64. The molecule has 34 heavy (non-hydrogen) atoms. The molecule has 1 amide bonds. The third-order valence-corrected chi connectivity index (χ3v) is 6.98. The Labute approximate surface area is 201 Å². The number of hydrogen-bond donors (Lipinski definition) is 1. The number of nitrogens with zero attached hydrogens (tertiary/aromatic N) is 3. The molecule has 1 heterocycles. The number of hydrogen-bond acceptors (Lipinski definition) is 6. The number of benzene rings is 2. The lowest BCUT2D eigenvalue weighted by Gasteiger charge is -2.16. The first-order valence-electron chi connectivity index (χ1n) is 11.5. The molecule has 2 aromatic carbocycles. The molecule has 8 nitrogen and oxygen atoms in total. The van der Waals surface area contributed by atoms with Crippen LogP contribution in [0.4, 0.5) is 5.69 Å². The highest BCUT2D eigenvalue weighted by Gasteiger charge is 2.19. The number of thioether (sulfide) groups is 1. The van der Waals surface area contributed by atoms with Gasteiger partial charge in [-0.15, -0.1) is 0 Å². The second-order valence-corrected chi connectivity index (χ2v) is 10.0. The molecule has 0 unspecified atom stereocenters. The van der Waals surface area contributed by atoms with E-state index < -0.39 is 4.92 Å². The van der Waals surface area contributed by atoms with E-state index in [-0.39, 0.29) is 29.1 Å². The van der Waals surface area contributed by atoms with E-state index in [1.165, 1.54) is 23.9 Å². The highest BCUT2D eigenvalue weighted by Crippen LogP contribution is 2.25. The molecule has 3 aromatic rings. The Morgan fingerprint density at radius 3 is 2.56 bits per heavy atom. The van der Waals surface area contributed by atoms with Gasteiger partial charge < -0.3 is 5.32 Å². The summed E-state index contributed by atoms with van der Waals surface area (Å²) in [5.41, 5.74) is 1.80. The second kappa shape index (κ2) is 10.4. The molecule has 0 radical (unpaired) electrons. The van der Waals surface area contributed by atoms with E-state index in [2.05, 4.69) is 5.32 Å². The summed E-state index contributed by atoms with van der Waals surface area (Å²) in [5.74, 6) is 0.616. The molecule has 9 heteroatoms. The van der Waals surface area contributed by atoms with Crippen LogP contribution in [0.25, 0.3) is 10.9 Å². The molecule has 0 aliphatic heterocycles. The Bertz CT molecular complexity index is 1260. The summed E-state index contributed by atoms with van der Waals surface area (Å²) in [6.07, 6.45) is 4.27. The van der Waals surface area contributed by atoms with Gasteiger partial charge in [0.2, 0.25) is 0 Å². The maximum absolute atomic E-state index is 13.3. The molecule has 0 saturated heterocycles. The molecule has 0 atom stereocenters. The van der Waals surface area contributed by atoms with Crippen molar-refractivity contribution in [2.45, 2.75) is 63.0 Å². The molecule has 1 saturated carbocycles. The van der Waals surface area contributed by atoms with Gasteiger partial charge in [0.25, 0.3) is 17.2 Å². The van der Waals surface area contributed by atoms with Crippen LogP contribution in [0.5, 0.6) is 0 Å². The maximum Gasteiger partial charge on any atom is 0.269 e. The van der Waals surface area contributed by atoms with Crippen LogP contribution in [-0.2, 0) is 12.3 Å². The van der Waals surface area contributed by atoms with Gasteiger partial charge in [-0.1, -0.05) is 50.6 Å². The van der Waals surface area contributed by atoms with Crippen molar-refractivity contribution in [1.29, 1.82) is 0 Å². The smallest absolute Gasteiger partial charge is 0.269 e. The number of amides is 1. The van der Waals surface area contributed by atoms with Crippen molar-refractivity contribution < 1.29 is 9.72 Å². The number of fused-ring (bicyclic) bond motifs is 1. The van der Waals surface area contributed by atoms with E-state index in [9.17, 15) is 19.7 Å². The minimum atomic E-state index is -0.428. The van der Waals surface area contributed by atoms with Crippen LogP contribution in [0.3, 0.4) is 0 Å². The fourth-order valence-corrected chi connectivity index (χ4v) is 5.14. The lowest BCUT2D eigenvalue weighted by Crippen LogP contribution is -2.32. The van der Waals surface area contributed by atoms with Gasteiger partial charge in [0.05, 0.1) is 15.8 Å². The number of aromatic nitrogens is 2. The van der Waals surface area contributed by atoms with Crippen molar-refractivity contribution in [1.82, 2.24) is 14.9 Å². The summed E-state index contributed by atoms with van der Waals surface area (Å²) in [7, 11) is 0. The number of nitro groups is 1. The minimum absolute atomic E-state index is 0.0395. The first-order chi connectivity index (χ1) is 16.3. The molecule has 178 valence electrons. The predicted octanol–water partition coefficient (Wildman–Crippen LogP) is 4.93. The van der Waals surface area contributed by atoms with E-state index >= 15 is 0 Å². The van der Waals surface area contributed by atoms with E-state index in [1.54, 1.807) is 34.9 Å². The fourth-order valence-electron chi connectivity index (χ4n) is 4.18. The second-order valence-electron chi connectivity index (χ2n) is 9.10. The van der Waals surface area contributed by atoms with Gasteiger partial charge >= 0.3 is 0 Å². The molecular formula is C25H28N4O4S. The van der Waals surface area contributed by atoms with Gasteiger partial charge in [-0.25, -0.2) is 4.98 Å². The molecular weight excluding hydrogens is 452 g/mol. The number of non-ortho nitro benzene ring substituents is 1. The highest BCUT2D eigenvalue weighted by atomic mass is 32.2. The number of nitro benzene ring substituents is 1. The number of rotatable bonds is 8. The van der Waals surface area contributed by atoms with Gasteiger partial charge in [-0.3, -0.25) is 24.3 Å². The Morgan fingerprint density at radius 1 is 1.21 bits per heavy atom. The Hall–Kier alpha value is -3.20. The van der Waals surface area contributed by atoms with Gasteiger partial charge in [-0.2, -0.15) is 0 Å². The van der Waals surface area contributed by atoms with Gasteiger partial charge in [0.15, 0.2) is 5.16 Å². The van der Waals surface area contributed by atoms with Gasteiger partial charge in [0.1, 0.15) is 0 Å². The third-order valence-electron chi connectivity index (χ3n) is 5.94. The van der Waals surface area contributed by atoms with Crippen molar-refractivity contribution in [3.8, 4) is 0 Å². The number of carbonyl (C=O) groups is 1. The normalized spacial score (nSPS) is 14.1. The highest BCUT2D eigenvalue weighted by molar-refractivity contribution is 7.98. The van der Waals surface area contributed by atoms with E-state index in [1.807, 2.05) is 13.8 Å². The third kappa shape index (κ3) is 5.47. The van der Waals surface area contributed by atoms with Gasteiger partial charge in [-0.05, 0) is 42.5 Å². The van der Waals surface area contributed by atoms with Crippen molar-refractivity contribution in [2.24, 2.45) is 5.92 Å². The zero-order valence-electron chi connectivity index (χ0n) is 19.3. The molecule has 1 aromatic heterocycles. The standard InChI is InChI=1S/C25H28N4O4S/c1-16(2)14-28-24(31)21-12-9-18(23(30)26-19-5-3-4-6-19)13-22(21)27-25(28)34-15-17-7-10-20(11-8-17)29(32)33/h7-13,16,19H,3-6,14-15H2,1-2H3,(H,26,30). The summed E-state index contributed by atoms with van der Waals surface area (Å²) in [6, 6.07) is 11.7. The molecule has 1 fully saturated rings. The van der Waals surface area contributed by atoms with Crippen LogP contribution in [0.15, 0.2) is 52.4 Å². The average Bonchev–Trinajstić information content (AvgIpc) is 3.32. The summed E-state index contributed by atoms with van der Waals surface area (Å²) >= 11 is 1.41. The monoisotopic (exact) mass is 480 g/mol. The maximum atomic E-state index is 13.3. The predicted molar refractivity (Wildman–Crippen MR) is 133 cm³/mol. The molecule has 1 aliphatic rings. The van der Waals surface area contributed by atoms with E-state index in [0.29, 0.717) is 33.9 Å². The number of nitrogens with one attached hydrogen (secondary N) is 1. The number of carbonyl (C=O) groups excluding carboxylic acids is 1. The van der Waals surface area contributed by atoms with E-state index in [0.717, 1.165) is 31.2 Å². The molecule has 1 aliphatic carbocycles. The molecule has 0 spiro atoms. The zero-order valence-corrected chi connectivity index (χ0v) is 20.1. The molecule has 0 bridgehead atoms. The fraction of sp³-hybridized carbons (Fsp3) is 0.400. The van der Waals surface area contributed by atoms with Crippen LogP contribution in [0, 0.1) is 16.0 Å². The van der Waals surface area contributed by atoms with Crippen molar-refractivity contribution in [2.75, 3.05) is 0 Å². The van der Waals surface area contributed by atoms with Crippen LogP contribution in [0.1, 0.15) is 55.5 Å². The Kier molecular flexibility index (Phi) is 7.31. The summed E-state index contributed by atoms with van der Waals surface area (Å²) in [6.45, 7) is 4.60. The Morgan fingerprint density at radius 2 is 1.91 bits per heavy atom. The van der Waals surface area contributed by atoms with Crippen LogP contribution in [0.2, 0.25) is 0 Å². The minimum Gasteiger partial charge on any atom is -0.349 e. The van der Waals surface area contributed by atoms with Crippen LogP contribution < -0.4 is 10.9 Å². The first-order valence-corrected chi connectivity index (χ1v) is 12.5. The largest absolute Gasteiger partial charge is 0.349 e. The average molecular weight is 481 g/mol. The van der Waals surface area contributed by atoms with Crippen molar-refractivity contribution in [3.63, 3.8) is 0 Å². The topological polar surface area (TPSA) is 107 Å². The van der Waals surface area contributed by atoms with Crippen LogP contribution in [-0.4, -0.2) is 26.4 Å². The zero-order chi connectivity index (χ0) is 24.2. The van der Waals surface area contributed by atoms with Gasteiger partial charge in [0, 0.05) is 36.0 Å². The lowest BCUT2D eigenvalue weighted by molar-refractivity contribution is -0.384. The first kappa shape index (κ1) is 23.9.